The zero-order valence-corrected chi connectivity index (χ0v) is 12.6. The van der Waals surface area contributed by atoms with E-state index in [1.54, 1.807) is 12.2 Å². The van der Waals surface area contributed by atoms with Crippen molar-refractivity contribution in [3.8, 4) is 0 Å². The summed E-state index contributed by atoms with van der Waals surface area (Å²) < 4.78 is 0. The Morgan fingerprint density at radius 2 is 1.14 bits per heavy atom. The van der Waals surface area contributed by atoms with Crippen LogP contribution in [-0.2, 0) is 9.59 Å². The van der Waals surface area contributed by atoms with Crippen LogP contribution in [0.4, 0.5) is 0 Å². The van der Waals surface area contributed by atoms with E-state index in [2.05, 4.69) is 0 Å². The summed E-state index contributed by atoms with van der Waals surface area (Å²) in [5, 5.41) is 19.8. The van der Waals surface area contributed by atoms with Gasteiger partial charge in [0, 0.05) is 11.9 Å². The van der Waals surface area contributed by atoms with Crippen LogP contribution in [0.25, 0.3) is 0 Å². The second-order valence-electron chi connectivity index (χ2n) is 2.29. The third kappa shape index (κ3) is 18.5. The molecule has 0 aromatic heterocycles. The number of carboxylic acids is 2. The van der Waals surface area contributed by atoms with Crippen LogP contribution in [0.1, 0.15) is 25.7 Å². The molecule has 0 N–H and O–H groups in total. The molecule has 0 radical (unpaired) electrons. The first-order valence-corrected chi connectivity index (χ1v) is 3.67. The topological polar surface area (TPSA) is 80.3 Å². The van der Waals surface area contributed by atoms with Crippen molar-refractivity contribution in [2.75, 3.05) is 0 Å². The zero-order chi connectivity index (χ0) is 9.40. The second kappa shape index (κ2) is 13.7. The maximum atomic E-state index is 9.89. The molecule has 0 fully saturated rings. The van der Waals surface area contributed by atoms with Gasteiger partial charge in [0.15, 0.2) is 0 Å². The predicted molar refractivity (Wildman–Crippen MR) is 37.6 cm³/mol. The summed E-state index contributed by atoms with van der Waals surface area (Å²) in [6.07, 6.45) is 3.96. The van der Waals surface area contributed by atoms with Gasteiger partial charge >= 0.3 is 59.1 Å². The summed E-state index contributed by atoms with van der Waals surface area (Å²) in [6, 6.07) is 0. The van der Waals surface area contributed by atoms with Crippen LogP contribution in [-0.4, -0.2) is 11.9 Å². The summed E-state index contributed by atoms with van der Waals surface area (Å²) in [6.45, 7) is 0. The van der Waals surface area contributed by atoms with Gasteiger partial charge in [-0.15, -0.1) is 0 Å². The van der Waals surface area contributed by atoms with E-state index < -0.39 is 11.9 Å². The minimum atomic E-state index is -1.10. The number of carbonyl (C=O) groups excluding carboxylic acids is 2. The number of hydrogen-bond donors (Lipinski definition) is 0. The Hall–Kier alpha value is 0.680. The minimum absolute atomic E-state index is 0. The monoisotopic (exact) mass is 216 g/mol. The van der Waals surface area contributed by atoms with Gasteiger partial charge in [-0.2, -0.15) is 0 Å². The Kier molecular flexibility index (Phi) is 19.7. The standard InChI is InChI=1S/C8H12O4.2Na/c9-7(10)5-3-1-2-4-6-8(11)12;;/h1-2H,3-6H2,(H,9,10)(H,11,12);;/q;2*+1/p-2. The van der Waals surface area contributed by atoms with Crippen molar-refractivity contribution < 1.29 is 78.9 Å². The van der Waals surface area contributed by atoms with Gasteiger partial charge < -0.3 is 19.8 Å². The van der Waals surface area contributed by atoms with E-state index in [9.17, 15) is 19.8 Å². The van der Waals surface area contributed by atoms with E-state index in [1.165, 1.54) is 0 Å². The third-order valence-electron chi connectivity index (χ3n) is 1.20. The minimum Gasteiger partial charge on any atom is -0.550 e. The molecule has 0 aromatic carbocycles. The largest absolute Gasteiger partial charge is 1.00 e. The first-order chi connectivity index (χ1) is 5.63. The van der Waals surface area contributed by atoms with Gasteiger partial charge in [-0.3, -0.25) is 0 Å². The van der Waals surface area contributed by atoms with Crippen LogP contribution in [0, 0.1) is 0 Å². The quantitative estimate of drug-likeness (QED) is 0.326. The molecule has 4 nitrogen and oxygen atoms in total. The molecule has 6 heteroatoms. The summed E-state index contributed by atoms with van der Waals surface area (Å²) >= 11 is 0. The molecule has 0 saturated carbocycles. The van der Waals surface area contributed by atoms with Crippen molar-refractivity contribution in [2.45, 2.75) is 25.7 Å². The van der Waals surface area contributed by atoms with E-state index in [0.29, 0.717) is 12.8 Å². The van der Waals surface area contributed by atoms with Crippen LogP contribution in [0.3, 0.4) is 0 Å². The first kappa shape index (κ1) is 20.1. The van der Waals surface area contributed by atoms with Gasteiger partial charge in [-0.05, 0) is 25.7 Å². The van der Waals surface area contributed by atoms with E-state index in [1.807, 2.05) is 0 Å². The maximum absolute atomic E-state index is 9.89. The average molecular weight is 216 g/mol. The predicted octanol–water partition coefficient (Wildman–Crippen LogP) is -7.39. The third-order valence-corrected chi connectivity index (χ3v) is 1.20. The van der Waals surface area contributed by atoms with Gasteiger partial charge in [-0.25, -0.2) is 0 Å². The number of allylic oxidation sites excluding steroid dienone is 2. The molecule has 0 heterocycles. The van der Waals surface area contributed by atoms with Gasteiger partial charge in [0.25, 0.3) is 0 Å². The summed E-state index contributed by atoms with van der Waals surface area (Å²) in [4.78, 5) is 19.8. The summed E-state index contributed by atoms with van der Waals surface area (Å²) in [7, 11) is 0. The zero-order valence-electron chi connectivity index (χ0n) is 8.62. The van der Waals surface area contributed by atoms with Crippen LogP contribution in [0.5, 0.6) is 0 Å². The fraction of sp³-hybridized carbons (Fsp3) is 0.500. The molecule has 0 aliphatic rings. The van der Waals surface area contributed by atoms with E-state index in [0.717, 1.165) is 0 Å². The first-order valence-electron chi connectivity index (χ1n) is 3.67. The Labute approximate surface area is 127 Å². The Balaban J connectivity index is -0.000000605. The van der Waals surface area contributed by atoms with Crippen molar-refractivity contribution >= 4 is 11.9 Å². The fourth-order valence-corrected chi connectivity index (χ4v) is 0.638. The molecule has 0 amide bonds. The van der Waals surface area contributed by atoms with Crippen LogP contribution in [0.15, 0.2) is 12.2 Å². The number of aliphatic carboxylic acids is 2. The SMILES string of the molecule is O=C([O-])CCC=CCCC(=O)[O-].[Na+].[Na+]. The van der Waals surface area contributed by atoms with Crippen molar-refractivity contribution in [2.24, 2.45) is 0 Å². The fourth-order valence-electron chi connectivity index (χ4n) is 0.638. The molecule has 0 spiro atoms. The van der Waals surface area contributed by atoms with E-state index in [-0.39, 0.29) is 72.0 Å². The van der Waals surface area contributed by atoms with Gasteiger partial charge in [0.1, 0.15) is 0 Å². The van der Waals surface area contributed by atoms with Crippen molar-refractivity contribution in [1.82, 2.24) is 0 Å². The van der Waals surface area contributed by atoms with Crippen molar-refractivity contribution in [3.05, 3.63) is 12.2 Å². The molecule has 0 aromatic rings. The molecular formula is C8H10Na2O4. The molecule has 68 valence electrons. The smallest absolute Gasteiger partial charge is 0.550 e. The van der Waals surface area contributed by atoms with Crippen LogP contribution >= 0.6 is 0 Å². The average Bonchev–Trinajstić information content (AvgIpc) is 1.95. The van der Waals surface area contributed by atoms with Gasteiger partial charge in [0.2, 0.25) is 0 Å². The van der Waals surface area contributed by atoms with Crippen molar-refractivity contribution in [1.29, 1.82) is 0 Å². The Morgan fingerprint density at radius 3 is 1.36 bits per heavy atom. The summed E-state index contributed by atoms with van der Waals surface area (Å²) in [5.41, 5.74) is 0. The number of hydrogen-bond acceptors (Lipinski definition) is 4. The number of rotatable bonds is 6. The Bertz CT molecular complexity index is 172. The molecule has 0 unspecified atom stereocenters. The molecular weight excluding hydrogens is 206 g/mol. The number of carboxylic acid groups (broad SMARTS) is 2. The van der Waals surface area contributed by atoms with Crippen LogP contribution < -0.4 is 69.3 Å². The molecule has 0 rings (SSSR count). The maximum Gasteiger partial charge on any atom is 1.00 e. The summed E-state index contributed by atoms with van der Waals surface area (Å²) in [5.74, 6) is -2.20. The normalized spacial score (nSPS) is 8.86. The number of carbonyl (C=O) groups is 2. The Morgan fingerprint density at radius 1 is 0.857 bits per heavy atom. The van der Waals surface area contributed by atoms with E-state index >= 15 is 0 Å². The van der Waals surface area contributed by atoms with Crippen molar-refractivity contribution in [3.63, 3.8) is 0 Å². The van der Waals surface area contributed by atoms with Gasteiger partial charge in [-0.1, -0.05) is 12.2 Å². The molecule has 14 heavy (non-hydrogen) atoms. The molecule has 0 saturated heterocycles. The van der Waals surface area contributed by atoms with Gasteiger partial charge in [0.05, 0.1) is 0 Å². The second-order valence-corrected chi connectivity index (χ2v) is 2.29. The molecule has 0 aliphatic heterocycles. The van der Waals surface area contributed by atoms with E-state index in [4.69, 9.17) is 0 Å². The molecule has 0 aliphatic carbocycles. The molecule has 0 atom stereocenters. The molecule has 0 bridgehead atoms. The van der Waals surface area contributed by atoms with Crippen LogP contribution in [0.2, 0.25) is 0 Å².